The minimum atomic E-state index is 0.384. The van der Waals surface area contributed by atoms with Crippen LogP contribution in [0.1, 0.15) is 0 Å². The molecule has 0 radical (unpaired) electrons. The lowest BCUT2D eigenvalue weighted by Gasteiger charge is -2.07. The van der Waals surface area contributed by atoms with E-state index >= 15 is 0 Å². The Labute approximate surface area is 105 Å². The maximum absolute atomic E-state index is 8.71. The Balaban J connectivity index is 2.26. The quantitative estimate of drug-likeness (QED) is 0.607. The summed E-state index contributed by atoms with van der Waals surface area (Å²) < 4.78 is 5.10. The third kappa shape index (κ3) is 2.38. The monoisotopic (exact) mass is 240 g/mol. The second-order valence-electron chi connectivity index (χ2n) is 3.66. The predicted octanol–water partition coefficient (Wildman–Crippen LogP) is 2.07. The highest BCUT2D eigenvalue weighted by Gasteiger charge is 2.04. The predicted molar refractivity (Wildman–Crippen MR) is 68.0 cm³/mol. The molecule has 0 aliphatic carbocycles. The molecule has 0 aliphatic rings. The second kappa shape index (κ2) is 5.15. The average Bonchev–Trinajstić information content (AvgIpc) is 2.47. The number of nitrogens with zero attached hydrogens (tertiary/aromatic N) is 4. The molecular weight excluding hydrogens is 228 g/mol. The summed E-state index contributed by atoms with van der Waals surface area (Å²) in [7, 11) is 3.24. The van der Waals surface area contributed by atoms with Crippen LogP contribution in [0.5, 0.6) is 5.75 Å². The Kier molecular flexibility index (Phi) is 3.39. The molecule has 0 spiro atoms. The van der Waals surface area contributed by atoms with Gasteiger partial charge in [-0.2, -0.15) is 5.26 Å². The van der Waals surface area contributed by atoms with Crippen molar-refractivity contribution in [1.29, 1.82) is 5.26 Å². The number of aromatic nitrogens is 2. The van der Waals surface area contributed by atoms with E-state index in [1.54, 1.807) is 26.6 Å². The van der Waals surface area contributed by atoms with Crippen LogP contribution in [-0.4, -0.2) is 24.1 Å². The van der Waals surface area contributed by atoms with E-state index in [0.717, 1.165) is 16.9 Å². The van der Waals surface area contributed by atoms with E-state index in [1.807, 2.05) is 30.5 Å². The zero-order valence-corrected chi connectivity index (χ0v) is 10.2. The lowest BCUT2D eigenvalue weighted by molar-refractivity contribution is 0.415. The van der Waals surface area contributed by atoms with E-state index in [-0.39, 0.29) is 0 Å². The van der Waals surface area contributed by atoms with Gasteiger partial charge in [-0.1, -0.05) is 12.1 Å². The number of benzene rings is 1. The largest absolute Gasteiger partial charge is 0.497 e. The summed E-state index contributed by atoms with van der Waals surface area (Å²) in [6.45, 7) is 0. The van der Waals surface area contributed by atoms with Gasteiger partial charge in [-0.15, -0.1) is 0 Å². The van der Waals surface area contributed by atoms with Gasteiger partial charge in [0, 0.05) is 25.0 Å². The van der Waals surface area contributed by atoms with Crippen molar-refractivity contribution in [2.45, 2.75) is 0 Å². The van der Waals surface area contributed by atoms with Crippen molar-refractivity contribution < 1.29 is 4.74 Å². The van der Waals surface area contributed by atoms with Gasteiger partial charge in [0.15, 0.2) is 6.19 Å². The van der Waals surface area contributed by atoms with Crippen LogP contribution in [0.25, 0.3) is 11.1 Å². The molecule has 0 amide bonds. The molecule has 0 aliphatic heterocycles. The van der Waals surface area contributed by atoms with Gasteiger partial charge >= 0.3 is 0 Å². The van der Waals surface area contributed by atoms with Crippen LogP contribution in [0, 0.1) is 11.5 Å². The lowest BCUT2D eigenvalue weighted by atomic mass is 10.1. The second-order valence-corrected chi connectivity index (χ2v) is 3.66. The molecule has 2 rings (SSSR count). The molecule has 1 aromatic carbocycles. The van der Waals surface area contributed by atoms with Crippen molar-refractivity contribution in [2.75, 3.05) is 19.1 Å². The molecule has 0 saturated carbocycles. The standard InChI is InChI=1S/C13H12N4O/c1-17(9-14)13-15-7-11(8-16-13)10-3-5-12(18-2)6-4-10/h3-8H,1-2H3. The Morgan fingerprint density at radius 2 is 1.72 bits per heavy atom. The van der Waals surface area contributed by atoms with E-state index in [9.17, 15) is 0 Å². The summed E-state index contributed by atoms with van der Waals surface area (Å²) in [4.78, 5) is 9.56. The molecule has 5 nitrogen and oxygen atoms in total. The summed E-state index contributed by atoms with van der Waals surface area (Å²) in [5, 5.41) is 8.71. The van der Waals surface area contributed by atoms with E-state index in [2.05, 4.69) is 9.97 Å². The number of rotatable bonds is 3. The SMILES string of the molecule is COc1ccc(-c2cnc(N(C)C#N)nc2)cc1. The summed E-state index contributed by atoms with van der Waals surface area (Å²) in [5.74, 6) is 1.19. The first-order valence-electron chi connectivity index (χ1n) is 5.34. The highest BCUT2D eigenvalue weighted by Crippen LogP contribution is 2.21. The maximum Gasteiger partial charge on any atom is 0.238 e. The van der Waals surface area contributed by atoms with E-state index in [1.165, 1.54) is 4.90 Å². The Hall–Kier alpha value is -2.61. The van der Waals surface area contributed by atoms with Gasteiger partial charge in [-0.3, -0.25) is 4.90 Å². The van der Waals surface area contributed by atoms with Gasteiger partial charge < -0.3 is 4.74 Å². The molecule has 0 unspecified atom stereocenters. The smallest absolute Gasteiger partial charge is 0.238 e. The molecule has 1 heterocycles. The van der Waals surface area contributed by atoms with Crippen molar-refractivity contribution in [3.05, 3.63) is 36.7 Å². The van der Waals surface area contributed by atoms with Crippen molar-refractivity contribution in [3.63, 3.8) is 0 Å². The summed E-state index contributed by atoms with van der Waals surface area (Å²) >= 11 is 0. The third-order valence-corrected chi connectivity index (χ3v) is 2.51. The normalized spacial score (nSPS) is 9.61. The fourth-order valence-electron chi connectivity index (χ4n) is 1.47. The molecule has 0 bridgehead atoms. The van der Waals surface area contributed by atoms with Crippen LogP contribution in [0.2, 0.25) is 0 Å². The highest BCUT2D eigenvalue weighted by molar-refractivity contribution is 5.63. The third-order valence-electron chi connectivity index (χ3n) is 2.51. The molecule has 0 atom stereocenters. The summed E-state index contributed by atoms with van der Waals surface area (Å²) in [6.07, 6.45) is 5.33. The fourth-order valence-corrected chi connectivity index (χ4v) is 1.47. The first kappa shape index (κ1) is 11.9. The van der Waals surface area contributed by atoms with E-state index in [4.69, 9.17) is 10.00 Å². The molecule has 2 aromatic rings. The van der Waals surface area contributed by atoms with E-state index < -0.39 is 0 Å². The zero-order chi connectivity index (χ0) is 13.0. The molecule has 1 aromatic heterocycles. The van der Waals surface area contributed by atoms with Crippen LogP contribution in [0.4, 0.5) is 5.95 Å². The first-order valence-corrected chi connectivity index (χ1v) is 5.34. The molecule has 18 heavy (non-hydrogen) atoms. The summed E-state index contributed by atoms with van der Waals surface area (Å²) in [6, 6.07) is 7.63. The first-order chi connectivity index (χ1) is 8.74. The minimum Gasteiger partial charge on any atom is -0.497 e. The van der Waals surface area contributed by atoms with E-state index in [0.29, 0.717) is 5.95 Å². The molecule has 5 heteroatoms. The number of hydrogen-bond donors (Lipinski definition) is 0. The maximum atomic E-state index is 8.71. The van der Waals surface area contributed by atoms with Gasteiger partial charge in [-0.05, 0) is 17.7 Å². The topological polar surface area (TPSA) is 62.0 Å². The van der Waals surface area contributed by atoms with Crippen molar-refractivity contribution in [2.24, 2.45) is 0 Å². The van der Waals surface area contributed by atoms with Gasteiger partial charge in [0.1, 0.15) is 5.75 Å². The van der Waals surface area contributed by atoms with Gasteiger partial charge in [-0.25, -0.2) is 9.97 Å². The number of hydrogen-bond acceptors (Lipinski definition) is 5. The summed E-state index contributed by atoms with van der Waals surface area (Å²) in [5.41, 5.74) is 1.90. The molecule has 90 valence electrons. The van der Waals surface area contributed by atoms with Crippen LogP contribution in [0.15, 0.2) is 36.7 Å². The van der Waals surface area contributed by atoms with Crippen LogP contribution in [-0.2, 0) is 0 Å². The zero-order valence-electron chi connectivity index (χ0n) is 10.2. The molecule has 0 fully saturated rings. The Bertz CT molecular complexity index is 557. The van der Waals surface area contributed by atoms with Gasteiger partial charge in [0.25, 0.3) is 0 Å². The van der Waals surface area contributed by atoms with Gasteiger partial charge in [0.05, 0.1) is 7.11 Å². The Morgan fingerprint density at radius 3 is 2.22 bits per heavy atom. The van der Waals surface area contributed by atoms with Crippen molar-refractivity contribution in [1.82, 2.24) is 9.97 Å². The van der Waals surface area contributed by atoms with Crippen molar-refractivity contribution in [3.8, 4) is 23.1 Å². The molecule has 0 N–H and O–H groups in total. The molecular formula is C13H12N4O. The number of ether oxygens (including phenoxy) is 1. The van der Waals surface area contributed by atoms with Crippen LogP contribution >= 0.6 is 0 Å². The van der Waals surface area contributed by atoms with Gasteiger partial charge in [0.2, 0.25) is 5.95 Å². The van der Waals surface area contributed by atoms with Crippen LogP contribution in [0.3, 0.4) is 0 Å². The fraction of sp³-hybridized carbons (Fsp3) is 0.154. The number of nitriles is 1. The minimum absolute atomic E-state index is 0.384. The van der Waals surface area contributed by atoms with Crippen LogP contribution < -0.4 is 9.64 Å². The molecule has 0 saturated heterocycles. The lowest BCUT2D eigenvalue weighted by Crippen LogP contribution is -2.11. The highest BCUT2D eigenvalue weighted by atomic mass is 16.5. The van der Waals surface area contributed by atoms with Crippen molar-refractivity contribution >= 4 is 5.95 Å². The average molecular weight is 240 g/mol. The number of methoxy groups -OCH3 is 1. The Morgan fingerprint density at radius 1 is 1.11 bits per heavy atom. The number of anilines is 1.